The maximum atomic E-state index is 12.8. The van der Waals surface area contributed by atoms with E-state index in [0.717, 1.165) is 41.5 Å². The molecule has 0 spiro atoms. The number of carbonyl (C=O) groups excluding carboxylic acids is 1. The second-order valence-electron chi connectivity index (χ2n) is 8.13. The summed E-state index contributed by atoms with van der Waals surface area (Å²) >= 11 is 6.15. The number of hydrogen-bond acceptors (Lipinski definition) is 5. The Bertz CT molecular complexity index is 1320. The first-order chi connectivity index (χ1) is 16.1. The summed E-state index contributed by atoms with van der Waals surface area (Å²) in [4.78, 5) is 21.5. The molecule has 1 aliphatic carbocycles. The number of ether oxygens (including phenoxy) is 1. The van der Waals surface area contributed by atoms with E-state index in [1.807, 2.05) is 36.4 Å². The summed E-state index contributed by atoms with van der Waals surface area (Å²) < 4.78 is 5.31. The number of fused-ring (bicyclic) bond motifs is 2. The van der Waals surface area contributed by atoms with E-state index in [2.05, 4.69) is 32.7 Å². The zero-order valence-corrected chi connectivity index (χ0v) is 18.9. The predicted molar refractivity (Wildman–Crippen MR) is 131 cm³/mol. The molecular formula is C26H23ClN4O2. The molecule has 2 aromatic carbocycles. The number of halogens is 1. The number of carbonyl (C=O) groups is 1. The number of methoxy groups -OCH3 is 1. The molecule has 0 fully saturated rings. The molecule has 2 heterocycles. The highest BCUT2D eigenvalue weighted by Gasteiger charge is 2.21. The number of hydrogen-bond donors (Lipinski definition) is 2. The maximum absolute atomic E-state index is 12.8. The third-order valence-electron chi connectivity index (χ3n) is 5.96. The van der Waals surface area contributed by atoms with Crippen LogP contribution in [0.3, 0.4) is 0 Å². The van der Waals surface area contributed by atoms with Crippen LogP contribution in [0.15, 0.2) is 67.0 Å². The molecule has 0 bridgehead atoms. The first-order valence-corrected chi connectivity index (χ1v) is 11.2. The van der Waals surface area contributed by atoms with Crippen LogP contribution in [0.4, 0.5) is 11.5 Å². The Morgan fingerprint density at radius 2 is 1.97 bits per heavy atom. The molecule has 4 aromatic rings. The third kappa shape index (κ3) is 4.61. The molecule has 1 aliphatic rings. The van der Waals surface area contributed by atoms with E-state index >= 15 is 0 Å². The number of amides is 1. The van der Waals surface area contributed by atoms with E-state index < -0.39 is 0 Å². The smallest absolute Gasteiger partial charge is 0.270 e. The van der Waals surface area contributed by atoms with Crippen LogP contribution in [0, 0.1) is 0 Å². The van der Waals surface area contributed by atoms with Gasteiger partial charge in [-0.15, -0.1) is 0 Å². The fourth-order valence-corrected chi connectivity index (χ4v) is 4.39. The maximum Gasteiger partial charge on any atom is 0.270 e. The number of anilines is 2. The van der Waals surface area contributed by atoms with Gasteiger partial charge in [-0.3, -0.25) is 4.79 Å². The van der Waals surface area contributed by atoms with Crippen molar-refractivity contribution in [2.45, 2.75) is 25.3 Å². The monoisotopic (exact) mass is 458 g/mol. The average molecular weight is 459 g/mol. The third-order valence-corrected chi connectivity index (χ3v) is 6.20. The highest BCUT2D eigenvalue weighted by atomic mass is 35.5. The summed E-state index contributed by atoms with van der Waals surface area (Å²) in [6.45, 7) is 0. The van der Waals surface area contributed by atoms with Gasteiger partial charge >= 0.3 is 0 Å². The van der Waals surface area contributed by atoms with Crippen LogP contribution in [-0.4, -0.2) is 29.0 Å². The van der Waals surface area contributed by atoms with Gasteiger partial charge in [0.15, 0.2) is 0 Å². The van der Waals surface area contributed by atoms with Crippen LogP contribution in [0.5, 0.6) is 5.75 Å². The van der Waals surface area contributed by atoms with Crippen molar-refractivity contribution in [2.24, 2.45) is 0 Å². The molecule has 7 heteroatoms. The number of rotatable bonds is 5. The number of pyridine rings is 2. The Kier molecular flexibility index (Phi) is 5.84. The Morgan fingerprint density at radius 1 is 1.06 bits per heavy atom. The summed E-state index contributed by atoms with van der Waals surface area (Å²) in [6.07, 6.45) is 5.99. The minimum atomic E-state index is -0.168. The molecule has 0 unspecified atom stereocenters. The van der Waals surface area contributed by atoms with E-state index in [4.69, 9.17) is 16.3 Å². The molecule has 1 amide bonds. The molecule has 5 rings (SSSR count). The van der Waals surface area contributed by atoms with Crippen molar-refractivity contribution in [3.8, 4) is 5.75 Å². The number of nitrogens with one attached hydrogen (secondary N) is 2. The molecule has 1 atom stereocenters. The Hall–Kier alpha value is -3.64. The van der Waals surface area contributed by atoms with Crippen LogP contribution in [-0.2, 0) is 12.8 Å². The van der Waals surface area contributed by atoms with Crippen molar-refractivity contribution >= 4 is 39.8 Å². The zero-order valence-electron chi connectivity index (χ0n) is 18.1. The average Bonchev–Trinajstić information content (AvgIpc) is 2.84. The molecule has 166 valence electrons. The van der Waals surface area contributed by atoms with Gasteiger partial charge in [-0.2, -0.15) is 0 Å². The zero-order chi connectivity index (χ0) is 22.8. The van der Waals surface area contributed by atoms with Crippen molar-refractivity contribution in [1.29, 1.82) is 0 Å². The van der Waals surface area contributed by atoms with Crippen LogP contribution in [0.25, 0.3) is 10.8 Å². The van der Waals surface area contributed by atoms with E-state index in [-0.39, 0.29) is 11.9 Å². The minimum absolute atomic E-state index is 0.0858. The molecular weight excluding hydrogens is 436 g/mol. The SMILES string of the molecule is COc1ccc2c(c1)CC[C@@H](NC(=O)c1ccc(Nc3nccc4ccc(Cl)cc34)cn1)C2. The van der Waals surface area contributed by atoms with Crippen LogP contribution >= 0.6 is 11.6 Å². The highest BCUT2D eigenvalue weighted by Crippen LogP contribution is 2.27. The predicted octanol–water partition coefficient (Wildman–Crippen LogP) is 5.32. The standard InChI is InChI=1S/C26H23ClN4O2/c1-33-22-8-4-17-12-20(6-3-18(17)13-22)31-26(32)24-9-7-21(15-29-24)30-25-23-14-19(27)5-2-16(23)10-11-28-25/h2,4-5,7-11,13-15,20H,3,6,12H2,1H3,(H,28,30)(H,31,32)/t20-/m1/s1. The lowest BCUT2D eigenvalue weighted by atomic mass is 9.88. The number of aromatic nitrogens is 2. The van der Waals surface area contributed by atoms with Gasteiger partial charge in [-0.05, 0) is 78.2 Å². The normalized spacial score (nSPS) is 15.0. The van der Waals surface area contributed by atoms with Crippen LogP contribution in [0.2, 0.25) is 5.02 Å². The summed E-state index contributed by atoms with van der Waals surface area (Å²) in [7, 11) is 1.68. The van der Waals surface area contributed by atoms with Gasteiger partial charge in [-0.25, -0.2) is 9.97 Å². The van der Waals surface area contributed by atoms with E-state index in [1.54, 1.807) is 25.6 Å². The molecule has 33 heavy (non-hydrogen) atoms. The molecule has 0 aliphatic heterocycles. The molecule has 0 saturated heterocycles. The van der Waals surface area contributed by atoms with Crippen LogP contribution < -0.4 is 15.4 Å². The molecule has 0 saturated carbocycles. The first kappa shape index (κ1) is 21.2. The van der Waals surface area contributed by atoms with Gasteiger partial charge in [0.2, 0.25) is 0 Å². The van der Waals surface area contributed by atoms with Crippen molar-refractivity contribution < 1.29 is 9.53 Å². The number of aryl methyl sites for hydroxylation is 1. The van der Waals surface area contributed by atoms with Crippen LogP contribution in [0.1, 0.15) is 28.0 Å². The van der Waals surface area contributed by atoms with Gasteiger partial charge in [0, 0.05) is 22.6 Å². The van der Waals surface area contributed by atoms with E-state index in [9.17, 15) is 4.79 Å². The summed E-state index contributed by atoms with van der Waals surface area (Å²) in [6, 6.07) is 17.4. The van der Waals surface area contributed by atoms with Gasteiger partial charge in [0.25, 0.3) is 5.91 Å². The largest absolute Gasteiger partial charge is 0.497 e. The Morgan fingerprint density at radius 3 is 2.79 bits per heavy atom. The summed E-state index contributed by atoms with van der Waals surface area (Å²) in [5.74, 6) is 1.39. The first-order valence-electron chi connectivity index (χ1n) is 10.8. The Balaban J connectivity index is 1.25. The lowest BCUT2D eigenvalue weighted by molar-refractivity contribution is 0.0928. The van der Waals surface area contributed by atoms with Crippen molar-refractivity contribution in [2.75, 3.05) is 12.4 Å². The van der Waals surface area contributed by atoms with Gasteiger partial charge < -0.3 is 15.4 Å². The van der Waals surface area contributed by atoms with E-state index in [0.29, 0.717) is 16.5 Å². The lowest BCUT2D eigenvalue weighted by Gasteiger charge is -2.25. The quantitative estimate of drug-likeness (QED) is 0.423. The molecule has 2 N–H and O–H groups in total. The topological polar surface area (TPSA) is 76.1 Å². The second-order valence-corrected chi connectivity index (χ2v) is 8.57. The molecule has 0 radical (unpaired) electrons. The minimum Gasteiger partial charge on any atom is -0.497 e. The fraction of sp³-hybridized carbons (Fsp3) is 0.192. The summed E-state index contributed by atoms with van der Waals surface area (Å²) in [5.41, 5.74) is 3.67. The van der Waals surface area contributed by atoms with Gasteiger partial charge in [0.05, 0.1) is 19.0 Å². The molecule has 2 aromatic heterocycles. The second kappa shape index (κ2) is 9.08. The van der Waals surface area contributed by atoms with Crippen molar-refractivity contribution in [1.82, 2.24) is 15.3 Å². The number of benzene rings is 2. The van der Waals surface area contributed by atoms with Gasteiger partial charge in [-0.1, -0.05) is 23.7 Å². The molecule has 6 nitrogen and oxygen atoms in total. The van der Waals surface area contributed by atoms with Crippen molar-refractivity contribution in [3.05, 3.63) is 88.8 Å². The van der Waals surface area contributed by atoms with E-state index in [1.165, 1.54) is 11.1 Å². The number of nitrogens with zero attached hydrogens (tertiary/aromatic N) is 2. The lowest BCUT2D eigenvalue weighted by Crippen LogP contribution is -2.39. The fourth-order valence-electron chi connectivity index (χ4n) is 4.22. The van der Waals surface area contributed by atoms with Gasteiger partial charge in [0.1, 0.15) is 17.3 Å². The summed E-state index contributed by atoms with van der Waals surface area (Å²) in [5, 5.41) is 8.99. The Labute approximate surface area is 197 Å². The highest BCUT2D eigenvalue weighted by molar-refractivity contribution is 6.31. The van der Waals surface area contributed by atoms with Crippen molar-refractivity contribution in [3.63, 3.8) is 0 Å².